The summed E-state index contributed by atoms with van der Waals surface area (Å²) in [6.07, 6.45) is 3.26. The van der Waals surface area contributed by atoms with E-state index in [-0.39, 0.29) is 5.43 Å². The van der Waals surface area contributed by atoms with Gasteiger partial charge in [0.15, 0.2) is 5.43 Å². The van der Waals surface area contributed by atoms with Crippen molar-refractivity contribution in [1.29, 1.82) is 0 Å². The Labute approximate surface area is 77.8 Å². The molecule has 3 rings (SSSR count). The van der Waals surface area contributed by atoms with E-state index >= 15 is 0 Å². The summed E-state index contributed by atoms with van der Waals surface area (Å²) in [5, 5.41) is 16.0. The third kappa shape index (κ3) is 0.861. The summed E-state index contributed by atoms with van der Waals surface area (Å²) in [6, 6.07) is 3.12. The molecule has 0 fully saturated rings. The fraction of sp³-hybridized carbons (Fsp3) is 0. The van der Waals surface area contributed by atoms with E-state index in [1.165, 1.54) is 0 Å². The minimum absolute atomic E-state index is 0.0280. The molecule has 0 amide bonds. The van der Waals surface area contributed by atoms with E-state index in [1.54, 1.807) is 24.5 Å². The number of H-pyrrole nitrogens is 2. The van der Waals surface area contributed by atoms with Gasteiger partial charge in [-0.15, -0.1) is 0 Å². The molecule has 0 unspecified atom stereocenters. The molecular weight excluding hydrogens is 180 g/mol. The number of nitrogens with zero attached hydrogens (tertiary/aromatic N) is 2. The fourth-order valence-electron chi connectivity index (χ4n) is 1.62. The zero-order valence-electron chi connectivity index (χ0n) is 7.11. The van der Waals surface area contributed by atoms with Gasteiger partial charge < -0.3 is 0 Å². The van der Waals surface area contributed by atoms with Crippen molar-refractivity contribution in [3.8, 4) is 0 Å². The second kappa shape index (κ2) is 2.41. The van der Waals surface area contributed by atoms with E-state index in [4.69, 9.17) is 0 Å². The van der Waals surface area contributed by atoms with E-state index in [1.807, 2.05) is 0 Å². The standard InChI is InChI=1S/C9H6N4O/c14-7-1-5-3-10-12-9-8(5)6(2-7)4-11-13-9/h1-4,12-13H. The third-order valence-corrected chi connectivity index (χ3v) is 2.18. The van der Waals surface area contributed by atoms with Crippen molar-refractivity contribution in [2.24, 2.45) is 0 Å². The predicted octanol–water partition coefficient (Wildman–Crippen LogP) is 0.799. The Morgan fingerprint density at radius 1 is 1.00 bits per heavy atom. The molecule has 0 saturated carbocycles. The van der Waals surface area contributed by atoms with Crippen molar-refractivity contribution in [1.82, 2.24) is 20.4 Å². The summed E-state index contributed by atoms with van der Waals surface area (Å²) >= 11 is 0. The largest absolute Gasteiger partial charge is 0.290 e. The molecule has 0 saturated heterocycles. The summed E-state index contributed by atoms with van der Waals surface area (Å²) in [5.74, 6) is 0. The van der Waals surface area contributed by atoms with Crippen LogP contribution < -0.4 is 5.43 Å². The highest BCUT2D eigenvalue weighted by Crippen LogP contribution is 2.18. The van der Waals surface area contributed by atoms with Gasteiger partial charge in [-0.2, -0.15) is 10.2 Å². The number of nitrogens with one attached hydrogen (secondary N) is 2. The summed E-state index contributed by atoms with van der Waals surface area (Å²) in [5.41, 5.74) is 0.694. The van der Waals surface area contributed by atoms with Crippen molar-refractivity contribution in [2.75, 3.05) is 0 Å². The monoisotopic (exact) mass is 186 g/mol. The molecule has 0 atom stereocenters. The SMILES string of the molecule is O=c1cc2cn[nH]c3[nH]ncc(c1)c23. The second-order valence-corrected chi connectivity index (χ2v) is 3.09. The molecule has 5 nitrogen and oxygen atoms in total. The van der Waals surface area contributed by atoms with E-state index in [9.17, 15) is 4.79 Å². The first kappa shape index (κ1) is 7.25. The molecule has 2 heterocycles. The molecule has 5 heteroatoms. The predicted molar refractivity (Wildman–Crippen MR) is 52.0 cm³/mol. The highest BCUT2D eigenvalue weighted by molar-refractivity contribution is 6.05. The van der Waals surface area contributed by atoms with Gasteiger partial charge in [0.05, 0.1) is 12.4 Å². The maximum atomic E-state index is 11.3. The van der Waals surface area contributed by atoms with Crippen LogP contribution in [0.5, 0.6) is 0 Å². The lowest BCUT2D eigenvalue weighted by Crippen LogP contribution is -1.99. The number of aromatic amines is 2. The Bertz CT molecular complexity index is 615. The molecule has 0 bridgehead atoms. The Balaban J connectivity index is 2.75. The van der Waals surface area contributed by atoms with Gasteiger partial charge in [-0.05, 0) is 12.1 Å². The van der Waals surface area contributed by atoms with Crippen LogP contribution in [0.2, 0.25) is 0 Å². The summed E-state index contributed by atoms with van der Waals surface area (Å²) in [6.45, 7) is 0. The molecule has 0 spiro atoms. The molecule has 3 aromatic rings. The number of rotatable bonds is 0. The molecule has 1 aromatic carbocycles. The Morgan fingerprint density at radius 2 is 1.57 bits per heavy atom. The van der Waals surface area contributed by atoms with Crippen LogP contribution in [0.25, 0.3) is 21.8 Å². The molecular formula is C9H6N4O. The zero-order chi connectivity index (χ0) is 9.54. The van der Waals surface area contributed by atoms with Crippen molar-refractivity contribution in [3.05, 3.63) is 34.7 Å². The number of aromatic nitrogens is 4. The minimum Gasteiger partial charge on any atom is -0.290 e. The summed E-state index contributed by atoms with van der Waals surface area (Å²) in [4.78, 5) is 11.3. The van der Waals surface area contributed by atoms with Crippen LogP contribution in [0.1, 0.15) is 0 Å². The first-order valence-corrected chi connectivity index (χ1v) is 4.15. The lowest BCUT2D eigenvalue weighted by Gasteiger charge is -2.01. The van der Waals surface area contributed by atoms with Crippen molar-refractivity contribution in [2.45, 2.75) is 0 Å². The van der Waals surface area contributed by atoms with E-state index in [2.05, 4.69) is 20.4 Å². The van der Waals surface area contributed by atoms with Gasteiger partial charge in [0.1, 0.15) is 5.65 Å². The van der Waals surface area contributed by atoms with Crippen molar-refractivity contribution in [3.63, 3.8) is 0 Å². The molecule has 0 radical (unpaired) electrons. The fourth-order valence-corrected chi connectivity index (χ4v) is 1.62. The molecule has 0 aliphatic carbocycles. The van der Waals surface area contributed by atoms with Crippen LogP contribution in [-0.2, 0) is 0 Å². The van der Waals surface area contributed by atoms with Gasteiger partial charge in [0.25, 0.3) is 0 Å². The Kier molecular flexibility index (Phi) is 1.25. The maximum absolute atomic E-state index is 11.3. The Hall–Kier alpha value is -2.17. The second-order valence-electron chi connectivity index (χ2n) is 3.09. The summed E-state index contributed by atoms with van der Waals surface area (Å²) < 4.78 is 0. The molecule has 0 aliphatic rings. The highest BCUT2D eigenvalue weighted by Gasteiger charge is 2.03. The van der Waals surface area contributed by atoms with Crippen molar-refractivity contribution < 1.29 is 0 Å². The van der Waals surface area contributed by atoms with Crippen LogP contribution >= 0.6 is 0 Å². The third-order valence-electron chi connectivity index (χ3n) is 2.18. The van der Waals surface area contributed by atoms with Gasteiger partial charge in [-0.1, -0.05) is 0 Å². The van der Waals surface area contributed by atoms with Crippen LogP contribution in [0.15, 0.2) is 29.3 Å². The molecule has 68 valence electrons. The molecule has 2 aromatic heterocycles. The van der Waals surface area contributed by atoms with Crippen LogP contribution in [0.3, 0.4) is 0 Å². The Morgan fingerprint density at radius 3 is 2.14 bits per heavy atom. The first-order valence-electron chi connectivity index (χ1n) is 4.15. The average Bonchev–Trinajstić information content (AvgIpc) is 2.18. The minimum atomic E-state index is -0.0280. The van der Waals surface area contributed by atoms with E-state index < -0.39 is 0 Å². The van der Waals surface area contributed by atoms with Crippen LogP contribution in [0, 0.1) is 0 Å². The molecule has 14 heavy (non-hydrogen) atoms. The van der Waals surface area contributed by atoms with Crippen LogP contribution in [0.4, 0.5) is 0 Å². The topological polar surface area (TPSA) is 74.4 Å². The number of hydrogen-bond acceptors (Lipinski definition) is 3. The quantitative estimate of drug-likeness (QED) is 0.545. The van der Waals surface area contributed by atoms with Gasteiger partial charge in [0, 0.05) is 16.2 Å². The molecule has 2 N–H and O–H groups in total. The van der Waals surface area contributed by atoms with E-state index in [0.717, 1.165) is 21.8 Å². The molecule has 0 aliphatic heterocycles. The maximum Gasteiger partial charge on any atom is 0.179 e. The first-order chi connectivity index (χ1) is 6.84. The lowest BCUT2D eigenvalue weighted by molar-refractivity contribution is 0.998. The normalized spacial score (nSPS) is 11.1. The van der Waals surface area contributed by atoms with Gasteiger partial charge in [0.2, 0.25) is 0 Å². The lowest BCUT2D eigenvalue weighted by atomic mass is 10.1. The van der Waals surface area contributed by atoms with Gasteiger partial charge >= 0.3 is 0 Å². The number of benzene rings is 1. The van der Waals surface area contributed by atoms with Gasteiger partial charge in [-0.3, -0.25) is 15.0 Å². The summed E-state index contributed by atoms with van der Waals surface area (Å²) in [7, 11) is 0. The van der Waals surface area contributed by atoms with E-state index in [0.29, 0.717) is 0 Å². The average molecular weight is 186 g/mol. The number of hydrogen-bond donors (Lipinski definition) is 2. The van der Waals surface area contributed by atoms with Crippen LogP contribution in [-0.4, -0.2) is 20.4 Å². The zero-order valence-corrected chi connectivity index (χ0v) is 7.11. The van der Waals surface area contributed by atoms with Gasteiger partial charge in [-0.25, -0.2) is 0 Å². The highest BCUT2D eigenvalue weighted by atomic mass is 16.1. The smallest absolute Gasteiger partial charge is 0.179 e. The van der Waals surface area contributed by atoms with Crippen molar-refractivity contribution >= 4 is 21.8 Å².